The highest BCUT2D eigenvalue weighted by molar-refractivity contribution is 6.06. The first-order chi connectivity index (χ1) is 20.9. The molecular weight excluding hydrogens is 542 g/mol. The van der Waals surface area contributed by atoms with Crippen LogP contribution in [0.1, 0.15) is 42.7 Å². The Balaban J connectivity index is 1.50. The van der Waals surface area contributed by atoms with Crippen LogP contribution in [-0.2, 0) is 11.3 Å². The topological polar surface area (TPSA) is 99.6 Å². The number of hydrogen-bond donors (Lipinski definition) is 1. The van der Waals surface area contributed by atoms with Gasteiger partial charge in [-0.25, -0.2) is 4.79 Å². The lowest BCUT2D eigenvalue weighted by molar-refractivity contribution is -0.126. The fourth-order valence-corrected chi connectivity index (χ4v) is 7.14. The molecule has 10 heteroatoms. The number of aromatic amines is 1. The maximum atomic E-state index is 14.1. The van der Waals surface area contributed by atoms with Crippen LogP contribution in [0.4, 0.5) is 5.82 Å². The van der Waals surface area contributed by atoms with Gasteiger partial charge in [-0.2, -0.15) is 10.1 Å². The Labute approximate surface area is 250 Å². The molecule has 4 aromatic rings. The molecule has 2 aromatic carbocycles. The molecule has 7 rings (SSSR count). The highest BCUT2D eigenvalue weighted by atomic mass is 16.5. The van der Waals surface area contributed by atoms with Gasteiger partial charge in [0.2, 0.25) is 5.91 Å². The second-order valence-electron chi connectivity index (χ2n) is 12.3. The predicted octanol–water partition coefficient (Wildman–Crippen LogP) is 4.06. The molecule has 3 aliphatic rings. The van der Waals surface area contributed by atoms with Crippen LogP contribution in [0.25, 0.3) is 32.9 Å². The van der Waals surface area contributed by atoms with Gasteiger partial charge in [-0.05, 0) is 87.0 Å². The lowest BCUT2D eigenvalue weighted by Crippen LogP contribution is -2.49. The number of methoxy groups -OCH3 is 1. The molecule has 4 heterocycles. The molecule has 1 unspecified atom stereocenters. The van der Waals surface area contributed by atoms with Gasteiger partial charge in [-0.3, -0.25) is 14.5 Å². The van der Waals surface area contributed by atoms with Crippen LogP contribution in [0.15, 0.2) is 41.8 Å². The van der Waals surface area contributed by atoms with Gasteiger partial charge < -0.3 is 19.4 Å². The Kier molecular flexibility index (Phi) is 6.96. The minimum Gasteiger partial charge on any atom is -0.494 e. The zero-order chi connectivity index (χ0) is 29.8. The first-order valence-electron chi connectivity index (χ1n) is 15.3. The summed E-state index contributed by atoms with van der Waals surface area (Å²) in [6, 6.07) is 6.72. The van der Waals surface area contributed by atoms with Gasteiger partial charge in [-0.15, -0.1) is 0 Å². The second kappa shape index (κ2) is 10.8. The van der Waals surface area contributed by atoms with E-state index in [1.807, 2.05) is 10.8 Å². The molecular formula is C33H39N7O3. The summed E-state index contributed by atoms with van der Waals surface area (Å²) in [7, 11) is 3.85. The number of fused-ring (bicyclic) bond motifs is 2. The number of anilines is 1. The van der Waals surface area contributed by atoms with Gasteiger partial charge in [0.1, 0.15) is 5.82 Å². The highest BCUT2D eigenvalue weighted by Crippen LogP contribution is 2.52. The largest absolute Gasteiger partial charge is 0.494 e. The van der Waals surface area contributed by atoms with Crippen molar-refractivity contribution in [3.05, 3.63) is 58.7 Å². The molecule has 3 fully saturated rings. The van der Waals surface area contributed by atoms with Crippen LogP contribution in [0, 0.1) is 6.92 Å². The van der Waals surface area contributed by atoms with Crippen molar-refractivity contribution >= 4 is 33.5 Å². The van der Waals surface area contributed by atoms with Gasteiger partial charge in [0.15, 0.2) is 5.75 Å². The van der Waals surface area contributed by atoms with Crippen LogP contribution in [0.2, 0.25) is 0 Å². The molecule has 0 spiro atoms. The second-order valence-corrected chi connectivity index (χ2v) is 12.3. The molecule has 1 N–H and O–H groups in total. The van der Waals surface area contributed by atoms with Gasteiger partial charge >= 0.3 is 5.69 Å². The lowest BCUT2D eigenvalue weighted by Gasteiger charge is -2.36. The average molecular weight is 582 g/mol. The zero-order valence-electron chi connectivity index (χ0n) is 25.2. The molecule has 10 nitrogen and oxygen atoms in total. The van der Waals surface area contributed by atoms with E-state index in [1.165, 1.54) is 11.6 Å². The monoisotopic (exact) mass is 581 g/mol. The molecule has 0 bridgehead atoms. The summed E-state index contributed by atoms with van der Waals surface area (Å²) in [5.74, 6) is 1.73. The Morgan fingerprint density at radius 2 is 1.91 bits per heavy atom. The molecule has 2 aliphatic heterocycles. The standard InChI is InChI=1S/C33H39N7O3/c1-5-27(41)38-13-15-39(16-14-38)32-24-17-23(21-9-10-21)29(28-20(2)8-11-26-25(28)18-34-36-26)31(43-4)30(24)40(33(42)35-32)19-22-7-6-12-37(22)3/h5,8,11,17-18,21-22H,1,6-7,9-10,12-16,19H2,2-4H3,(H,34,36). The summed E-state index contributed by atoms with van der Waals surface area (Å²) in [6.07, 6.45) is 7.62. The van der Waals surface area contributed by atoms with E-state index in [9.17, 15) is 9.59 Å². The minimum atomic E-state index is -0.269. The number of aryl methyl sites for hydroxylation is 1. The highest BCUT2D eigenvalue weighted by Gasteiger charge is 2.34. The number of H-pyrrole nitrogens is 1. The summed E-state index contributed by atoms with van der Waals surface area (Å²) in [5, 5.41) is 9.48. The van der Waals surface area contributed by atoms with Crippen molar-refractivity contribution in [3.63, 3.8) is 0 Å². The third kappa shape index (κ3) is 4.68. The summed E-state index contributed by atoms with van der Waals surface area (Å²) < 4.78 is 8.24. The van der Waals surface area contributed by atoms with Crippen molar-refractivity contribution in [3.8, 4) is 16.9 Å². The number of piperazine rings is 1. The summed E-state index contributed by atoms with van der Waals surface area (Å²) in [6.45, 7) is 9.63. The Bertz CT molecular complexity index is 1800. The Morgan fingerprint density at radius 1 is 1.12 bits per heavy atom. The van der Waals surface area contributed by atoms with Crippen LogP contribution in [-0.4, -0.2) is 88.4 Å². The first-order valence-corrected chi connectivity index (χ1v) is 15.3. The normalized spacial score (nSPS) is 19.5. The molecule has 1 aliphatic carbocycles. The van der Waals surface area contributed by atoms with Gasteiger partial charge in [0.25, 0.3) is 0 Å². The van der Waals surface area contributed by atoms with Crippen LogP contribution >= 0.6 is 0 Å². The maximum Gasteiger partial charge on any atom is 0.350 e. The van der Waals surface area contributed by atoms with Crippen molar-refractivity contribution in [2.45, 2.75) is 51.1 Å². The third-order valence-electron chi connectivity index (χ3n) is 9.66. The van der Waals surface area contributed by atoms with E-state index in [-0.39, 0.29) is 17.6 Å². The number of likely N-dealkylation sites (N-methyl/N-ethyl adjacent to an activating group) is 1. The third-order valence-corrected chi connectivity index (χ3v) is 9.66. The quantitative estimate of drug-likeness (QED) is 0.329. The molecule has 0 radical (unpaired) electrons. The zero-order valence-corrected chi connectivity index (χ0v) is 25.2. The number of carbonyl (C=O) groups excluding carboxylic acids is 1. The molecule has 2 saturated heterocycles. The van der Waals surface area contributed by atoms with Crippen molar-refractivity contribution in [1.29, 1.82) is 0 Å². The SMILES string of the molecule is C=CC(=O)N1CCN(c2nc(=O)n(CC3CCCN3C)c3c(OC)c(-c4c(C)ccc5[nH]ncc45)c(C4CC4)cc23)CC1. The fraction of sp³-hybridized carbons (Fsp3) is 0.455. The first kappa shape index (κ1) is 27.6. The van der Waals surface area contributed by atoms with E-state index in [4.69, 9.17) is 9.72 Å². The predicted molar refractivity (Wildman–Crippen MR) is 169 cm³/mol. The van der Waals surface area contributed by atoms with Gasteiger partial charge in [0.05, 0.1) is 24.3 Å². The number of ether oxygens (including phenoxy) is 1. The maximum absolute atomic E-state index is 14.1. The van der Waals surface area contributed by atoms with E-state index in [0.717, 1.165) is 76.5 Å². The van der Waals surface area contributed by atoms with Crippen molar-refractivity contribution < 1.29 is 9.53 Å². The van der Waals surface area contributed by atoms with Crippen molar-refractivity contribution in [1.82, 2.24) is 29.5 Å². The van der Waals surface area contributed by atoms with Crippen LogP contribution < -0.4 is 15.3 Å². The van der Waals surface area contributed by atoms with E-state index in [1.54, 1.807) is 12.0 Å². The smallest absolute Gasteiger partial charge is 0.350 e. The fourth-order valence-electron chi connectivity index (χ4n) is 7.14. The van der Waals surface area contributed by atoms with E-state index >= 15 is 0 Å². The minimum absolute atomic E-state index is 0.0697. The van der Waals surface area contributed by atoms with E-state index in [2.05, 4.69) is 58.7 Å². The molecule has 1 atom stereocenters. The van der Waals surface area contributed by atoms with Gasteiger partial charge in [0, 0.05) is 55.1 Å². The molecule has 43 heavy (non-hydrogen) atoms. The van der Waals surface area contributed by atoms with E-state index in [0.29, 0.717) is 44.5 Å². The molecule has 224 valence electrons. The van der Waals surface area contributed by atoms with Crippen LogP contribution in [0.5, 0.6) is 5.75 Å². The number of benzene rings is 2. The van der Waals surface area contributed by atoms with E-state index < -0.39 is 0 Å². The van der Waals surface area contributed by atoms with Crippen molar-refractivity contribution in [2.75, 3.05) is 51.8 Å². The molecule has 2 aromatic heterocycles. The summed E-state index contributed by atoms with van der Waals surface area (Å²) in [4.78, 5) is 37.4. The Hall–Kier alpha value is -4.18. The number of rotatable bonds is 7. The Morgan fingerprint density at radius 3 is 2.58 bits per heavy atom. The van der Waals surface area contributed by atoms with Crippen LogP contribution in [0.3, 0.4) is 0 Å². The number of hydrogen-bond acceptors (Lipinski definition) is 7. The molecule has 1 amide bonds. The molecule has 1 saturated carbocycles. The number of nitrogens with one attached hydrogen (secondary N) is 1. The number of nitrogens with zero attached hydrogens (tertiary/aromatic N) is 6. The van der Waals surface area contributed by atoms with Gasteiger partial charge in [-0.1, -0.05) is 12.6 Å². The summed E-state index contributed by atoms with van der Waals surface area (Å²) >= 11 is 0. The summed E-state index contributed by atoms with van der Waals surface area (Å²) in [5.41, 5.74) is 6.00. The number of carbonyl (C=O) groups is 1. The number of likely N-dealkylation sites (tertiary alicyclic amines) is 1. The average Bonchev–Trinajstić information content (AvgIpc) is 3.62. The number of amides is 1. The van der Waals surface area contributed by atoms with Crippen molar-refractivity contribution in [2.24, 2.45) is 0 Å². The lowest BCUT2D eigenvalue weighted by atomic mass is 9.89. The number of aromatic nitrogens is 4.